The molecular formula is C27H46N2O3. The smallest absolute Gasteiger partial charge is 0.256 e. The van der Waals surface area contributed by atoms with Crippen LogP contribution in [0.3, 0.4) is 0 Å². The Kier molecular flexibility index (Phi) is 11.0. The lowest BCUT2D eigenvalue weighted by Crippen LogP contribution is -2.47. The molecule has 1 aromatic rings. The van der Waals surface area contributed by atoms with Crippen molar-refractivity contribution in [3.8, 4) is 5.75 Å². The molecule has 182 valence electrons. The zero-order valence-corrected chi connectivity index (χ0v) is 21.3. The molecule has 0 saturated carbocycles. The van der Waals surface area contributed by atoms with Gasteiger partial charge in [-0.2, -0.15) is 0 Å². The summed E-state index contributed by atoms with van der Waals surface area (Å²) in [5.41, 5.74) is -0.0150. The first-order valence-electron chi connectivity index (χ1n) is 12.7. The van der Waals surface area contributed by atoms with Gasteiger partial charge in [0.1, 0.15) is 11.4 Å². The minimum Gasteiger partial charge on any atom is -0.494 e. The van der Waals surface area contributed by atoms with E-state index in [9.17, 15) is 4.79 Å². The number of anilines is 1. The van der Waals surface area contributed by atoms with Gasteiger partial charge in [0.2, 0.25) is 0 Å². The van der Waals surface area contributed by atoms with Crippen molar-refractivity contribution >= 4 is 11.6 Å². The Morgan fingerprint density at radius 2 is 1.78 bits per heavy atom. The Bertz CT molecular complexity index is 662. The topological polar surface area (TPSA) is 50.8 Å². The molecule has 0 aliphatic carbocycles. The lowest BCUT2D eigenvalue weighted by molar-refractivity contribution is -0.146. The average Bonchev–Trinajstić information content (AvgIpc) is 2.72. The van der Waals surface area contributed by atoms with E-state index in [1.54, 1.807) is 0 Å². The maximum absolute atomic E-state index is 13.3. The molecule has 0 radical (unpaired) electrons. The van der Waals surface area contributed by atoms with Crippen LogP contribution in [0.25, 0.3) is 0 Å². The summed E-state index contributed by atoms with van der Waals surface area (Å²) in [4.78, 5) is 15.9. The number of hydrogen-bond acceptors (Lipinski definition) is 4. The summed E-state index contributed by atoms with van der Waals surface area (Å²) in [6.45, 7) is 16.4. The number of nitrogens with one attached hydrogen (secondary N) is 1. The van der Waals surface area contributed by atoms with Gasteiger partial charge in [-0.15, -0.1) is 0 Å². The fraction of sp³-hybridized carbons (Fsp3) is 0.741. The van der Waals surface area contributed by atoms with Crippen molar-refractivity contribution in [2.24, 2.45) is 11.8 Å². The number of nitrogens with zero attached hydrogens (tertiary/aromatic N) is 1. The van der Waals surface area contributed by atoms with Gasteiger partial charge in [-0.05, 0) is 88.6 Å². The number of piperidine rings is 1. The predicted octanol–water partition coefficient (Wildman–Crippen LogP) is 6.14. The second-order valence-electron chi connectivity index (χ2n) is 10.2. The SMILES string of the molecule is CCOC(CC(C)C)(CC(C)C)C(=O)Nc1ccc(OCCCN2CCCC[C@H]2C)cc1. The third kappa shape index (κ3) is 8.40. The molecule has 1 aromatic carbocycles. The van der Waals surface area contributed by atoms with Crippen molar-refractivity contribution in [2.45, 2.75) is 91.7 Å². The molecule has 1 aliphatic rings. The van der Waals surface area contributed by atoms with Crippen molar-refractivity contribution < 1.29 is 14.3 Å². The predicted molar refractivity (Wildman–Crippen MR) is 133 cm³/mol. The number of ether oxygens (including phenoxy) is 2. The average molecular weight is 447 g/mol. The van der Waals surface area contributed by atoms with E-state index < -0.39 is 5.60 Å². The molecule has 1 N–H and O–H groups in total. The van der Waals surface area contributed by atoms with Crippen molar-refractivity contribution in [1.82, 2.24) is 4.90 Å². The van der Waals surface area contributed by atoms with Crippen LogP contribution in [0.2, 0.25) is 0 Å². The molecule has 32 heavy (non-hydrogen) atoms. The first-order valence-corrected chi connectivity index (χ1v) is 12.7. The Morgan fingerprint density at radius 3 is 2.34 bits per heavy atom. The molecule has 1 saturated heterocycles. The van der Waals surface area contributed by atoms with Crippen LogP contribution in [0.4, 0.5) is 5.69 Å². The van der Waals surface area contributed by atoms with Crippen LogP contribution < -0.4 is 10.1 Å². The van der Waals surface area contributed by atoms with E-state index in [4.69, 9.17) is 9.47 Å². The fourth-order valence-corrected chi connectivity index (χ4v) is 4.87. The van der Waals surface area contributed by atoms with E-state index in [1.807, 2.05) is 31.2 Å². The first kappa shape index (κ1) is 26.7. The van der Waals surface area contributed by atoms with Crippen LogP contribution in [0, 0.1) is 11.8 Å². The lowest BCUT2D eigenvalue weighted by atomic mass is 9.83. The molecule has 0 aromatic heterocycles. The molecule has 1 aliphatic heterocycles. The van der Waals surface area contributed by atoms with E-state index in [-0.39, 0.29) is 5.91 Å². The van der Waals surface area contributed by atoms with Crippen molar-refractivity contribution in [3.63, 3.8) is 0 Å². The highest BCUT2D eigenvalue weighted by Crippen LogP contribution is 2.31. The normalized spacial score (nSPS) is 17.7. The molecular weight excluding hydrogens is 400 g/mol. The number of likely N-dealkylation sites (tertiary alicyclic amines) is 1. The van der Waals surface area contributed by atoms with E-state index >= 15 is 0 Å². The van der Waals surface area contributed by atoms with E-state index in [0.29, 0.717) is 43.9 Å². The zero-order chi connectivity index (χ0) is 23.6. The summed E-state index contributed by atoms with van der Waals surface area (Å²) < 4.78 is 12.0. The molecule has 5 heteroatoms. The molecule has 1 fully saturated rings. The van der Waals surface area contributed by atoms with Crippen molar-refractivity contribution in [1.29, 1.82) is 0 Å². The number of amides is 1. The monoisotopic (exact) mass is 446 g/mol. The lowest BCUT2D eigenvalue weighted by Gasteiger charge is -2.35. The molecule has 0 spiro atoms. The molecule has 0 bridgehead atoms. The number of benzene rings is 1. The molecule has 1 amide bonds. The third-order valence-electron chi connectivity index (χ3n) is 6.22. The third-order valence-corrected chi connectivity index (χ3v) is 6.22. The highest BCUT2D eigenvalue weighted by Gasteiger charge is 2.40. The quantitative estimate of drug-likeness (QED) is 0.370. The molecule has 1 atom stereocenters. The molecule has 2 rings (SSSR count). The van der Waals surface area contributed by atoms with Gasteiger partial charge in [0, 0.05) is 24.9 Å². The van der Waals surface area contributed by atoms with Gasteiger partial charge < -0.3 is 19.7 Å². The van der Waals surface area contributed by atoms with Crippen LogP contribution in [-0.4, -0.2) is 48.8 Å². The first-order chi connectivity index (χ1) is 15.3. The van der Waals surface area contributed by atoms with Gasteiger partial charge in [-0.3, -0.25) is 4.79 Å². The second-order valence-corrected chi connectivity index (χ2v) is 10.2. The standard InChI is InChI=1S/C27H46N2O3/c1-7-32-27(19-21(2)3,20-22(4)5)26(30)28-24-12-14-25(15-13-24)31-18-10-17-29-16-9-8-11-23(29)6/h12-15,21-23H,7-11,16-20H2,1-6H3,(H,28,30)/t23-/m1/s1. The second kappa shape index (κ2) is 13.2. The maximum atomic E-state index is 13.3. The summed E-state index contributed by atoms with van der Waals surface area (Å²) in [6, 6.07) is 8.41. The van der Waals surface area contributed by atoms with Gasteiger partial charge in [0.05, 0.1) is 6.61 Å². The highest BCUT2D eigenvalue weighted by atomic mass is 16.5. The molecule has 0 unspecified atom stereocenters. The largest absolute Gasteiger partial charge is 0.494 e. The van der Waals surface area contributed by atoms with Crippen LogP contribution in [0.15, 0.2) is 24.3 Å². The maximum Gasteiger partial charge on any atom is 0.256 e. The highest BCUT2D eigenvalue weighted by molar-refractivity contribution is 5.97. The summed E-state index contributed by atoms with van der Waals surface area (Å²) in [7, 11) is 0. The van der Waals surface area contributed by atoms with Crippen LogP contribution in [0.5, 0.6) is 5.75 Å². The summed E-state index contributed by atoms with van der Waals surface area (Å²) in [5, 5.41) is 3.09. The van der Waals surface area contributed by atoms with Crippen LogP contribution in [0.1, 0.15) is 80.1 Å². The Balaban J connectivity index is 1.89. The Labute approximate surface area is 196 Å². The van der Waals surface area contributed by atoms with Gasteiger partial charge in [-0.1, -0.05) is 34.1 Å². The number of rotatable bonds is 13. The molecule has 1 heterocycles. The fourth-order valence-electron chi connectivity index (χ4n) is 4.87. The number of carbonyl (C=O) groups excluding carboxylic acids is 1. The summed E-state index contributed by atoms with van der Waals surface area (Å²) in [5.74, 6) is 1.53. The Morgan fingerprint density at radius 1 is 1.12 bits per heavy atom. The van der Waals surface area contributed by atoms with E-state index in [0.717, 1.165) is 24.4 Å². The van der Waals surface area contributed by atoms with Crippen molar-refractivity contribution in [2.75, 3.05) is 31.6 Å². The Hall–Kier alpha value is -1.59. The van der Waals surface area contributed by atoms with E-state index in [1.165, 1.54) is 25.8 Å². The van der Waals surface area contributed by atoms with Gasteiger partial charge in [-0.25, -0.2) is 0 Å². The van der Waals surface area contributed by atoms with Crippen LogP contribution >= 0.6 is 0 Å². The van der Waals surface area contributed by atoms with Gasteiger partial charge in [0.25, 0.3) is 5.91 Å². The minimum atomic E-state index is -0.794. The molecule has 5 nitrogen and oxygen atoms in total. The number of hydrogen-bond donors (Lipinski definition) is 1. The van der Waals surface area contributed by atoms with Gasteiger partial charge in [0.15, 0.2) is 0 Å². The van der Waals surface area contributed by atoms with Crippen LogP contribution in [-0.2, 0) is 9.53 Å². The summed E-state index contributed by atoms with van der Waals surface area (Å²) in [6.07, 6.45) is 6.44. The van der Waals surface area contributed by atoms with Gasteiger partial charge >= 0.3 is 0 Å². The summed E-state index contributed by atoms with van der Waals surface area (Å²) >= 11 is 0. The van der Waals surface area contributed by atoms with Crippen molar-refractivity contribution in [3.05, 3.63) is 24.3 Å². The number of carbonyl (C=O) groups is 1. The minimum absolute atomic E-state index is 0.0499. The zero-order valence-electron chi connectivity index (χ0n) is 21.3. The van der Waals surface area contributed by atoms with E-state index in [2.05, 4.69) is 44.8 Å².